The van der Waals surface area contributed by atoms with Gasteiger partial charge in [-0.1, -0.05) is 37.3 Å². The van der Waals surface area contributed by atoms with Crippen molar-refractivity contribution in [2.24, 2.45) is 11.8 Å². The Morgan fingerprint density at radius 1 is 1.27 bits per heavy atom. The van der Waals surface area contributed by atoms with Crippen molar-refractivity contribution in [2.45, 2.75) is 32.6 Å². The van der Waals surface area contributed by atoms with E-state index in [-0.39, 0.29) is 0 Å². The molecule has 1 aromatic rings. The van der Waals surface area contributed by atoms with Crippen LogP contribution in [0.5, 0.6) is 0 Å². The van der Waals surface area contributed by atoms with Crippen molar-refractivity contribution in [1.82, 2.24) is 0 Å². The van der Waals surface area contributed by atoms with E-state index < -0.39 is 0 Å². The maximum absolute atomic E-state index is 11.4. The fraction of sp³-hybridized carbons (Fsp3) is 0.500. The van der Waals surface area contributed by atoms with Gasteiger partial charge in [-0.25, -0.2) is 0 Å². The maximum Gasteiger partial charge on any atom is 0.135 e. The van der Waals surface area contributed by atoms with E-state index in [0.29, 0.717) is 18.1 Å². The first-order valence-corrected chi connectivity index (χ1v) is 5.86. The SMILES string of the molecule is CCC(=O)C1CC(Cc2ccccc2)C1. The first kappa shape index (κ1) is 10.4. The molecule has 1 heteroatoms. The lowest BCUT2D eigenvalue weighted by Gasteiger charge is -2.34. The third-order valence-electron chi connectivity index (χ3n) is 3.41. The first-order valence-electron chi connectivity index (χ1n) is 5.86. The molecular formula is C14H18O. The number of benzene rings is 1. The van der Waals surface area contributed by atoms with Crippen molar-refractivity contribution in [1.29, 1.82) is 0 Å². The Balaban J connectivity index is 1.79. The summed E-state index contributed by atoms with van der Waals surface area (Å²) < 4.78 is 0. The monoisotopic (exact) mass is 202 g/mol. The van der Waals surface area contributed by atoms with Gasteiger partial charge in [-0.05, 0) is 30.7 Å². The van der Waals surface area contributed by atoms with Crippen LogP contribution in [0, 0.1) is 11.8 Å². The zero-order chi connectivity index (χ0) is 10.7. The van der Waals surface area contributed by atoms with Crippen molar-refractivity contribution in [3.8, 4) is 0 Å². The highest BCUT2D eigenvalue weighted by Crippen LogP contribution is 2.37. The molecule has 0 amide bonds. The van der Waals surface area contributed by atoms with Crippen LogP contribution < -0.4 is 0 Å². The van der Waals surface area contributed by atoms with Gasteiger partial charge in [-0.2, -0.15) is 0 Å². The summed E-state index contributed by atoms with van der Waals surface area (Å²) in [5.74, 6) is 1.58. The van der Waals surface area contributed by atoms with Gasteiger partial charge in [0.05, 0.1) is 0 Å². The Labute approximate surface area is 91.5 Å². The summed E-state index contributed by atoms with van der Waals surface area (Å²) in [4.78, 5) is 11.4. The molecule has 0 spiro atoms. The van der Waals surface area contributed by atoms with Gasteiger partial charge in [0, 0.05) is 12.3 Å². The molecular weight excluding hydrogens is 184 g/mol. The molecule has 1 fully saturated rings. The predicted molar refractivity (Wildman–Crippen MR) is 61.7 cm³/mol. The summed E-state index contributed by atoms with van der Waals surface area (Å²) in [6.07, 6.45) is 4.08. The van der Waals surface area contributed by atoms with Crippen LogP contribution in [0.1, 0.15) is 31.7 Å². The highest BCUT2D eigenvalue weighted by molar-refractivity contribution is 5.81. The van der Waals surface area contributed by atoms with Crippen LogP contribution in [0.2, 0.25) is 0 Å². The summed E-state index contributed by atoms with van der Waals surface area (Å²) in [5.41, 5.74) is 1.41. The molecule has 0 bridgehead atoms. The summed E-state index contributed by atoms with van der Waals surface area (Å²) >= 11 is 0. The zero-order valence-corrected chi connectivity index (χ0v) is 9.28. The van der Waals surface area contributed by atoms with Gasteiger partial charge in [0.15, 0.2) is 0 Å². The molecule has 0 radical (unpaired) electrons. The zero-order valence-electron chi connectivity index (χ0n) is 9.28. The summed E-state index contributed by atoms with van der Waals surface area (Å²) in [6, 6.07) is 10.6. The van der Waals surface area contributed by atoms with Gasteiger partial charge >= 0.3 is 0 Å². The smallest absolute Gasteiger partial charge is 0.135 e. The summed E-state index contributed by atoms with van der Waals surface area (Å²) in [7, 11) is 0. The third-order valence-corrected chi connectivity index (χ3v) is 3.41. The molecule has 0 aromatic heterocycles. The molecule has 1 aromatic carbocycles. The topological polar surface area (TPSA) is 17.1 Å². The molecule has 0 aliphatic heterocycles. The van der Waals surface area contributed by atoms with Crippen molar-refractivity contribution >= 4 is 5.78 Å². The normalized spacial score (nSPS) is 24.6. The fourth-order valence-electron chi connectivity index (χ4n) is 2.40. The van der Waals surface area contributed by atoms with Crippen LogP contribution in [-0.4, -0.2) is 5.78 Å². The maximum atomic E-state index is 11.4. The Kier molecular flexibility index (Phi) is 3.20. The molecule has 0 N–H and O–H groups in total. The molecule has 0 saturated heterocycles. The standard InChI is InChI=1S/C14H18O/c1-2-14(15)13-9-12(10-13)8-11-6-4-3-5-7-11/h3-7,12-13H,2,8-10H2,1H3. The molecule has 0 atom stereocenters. The number of carbonyl (C=O) groups is 1. The number of Topliss-reactive ketones (excluding diaryl/α,β-unsaturated/α-hetero) is 1. The van der Waals surface area contributed by atoms with Gasteiger partial charge in [-0.15, -0.1) is 0 Å². The minimum atomic E-state index is 0.378. The Hall–Kier alpha value is -1.11. The van der Waals surface area contributed by atoms with Crippen molar-refractivity contribution in [3.05, 3.63) is 35.9 Å². The van der Waals surface area contributed by atoms with E-state index in [4.69, 9.17) is 0 Å². The summed E-state index contributed by atoms with van der Waals surface area (Å²) in [5, 5.41) is 0. The van der Waals surface area contributed by atoms with Gasteiger partial charge in [0.2, 0.25) is 0 Å². The molecule has 15 heavy (non-hydrogen) atoms. The number of carbonyl (C=O) groups excluding carboxylic acids is 1. The largest absolute Gasteiger partial charge is 0.299 e. The molecule has 1 saturated carbocycles. The lowest BCUT2D eigenvalue weighted by atomic mass is 9.70. The van der Waals surface area contributed by atoms with E-state index in [1.807, 2.05) is 13.0 Å². The number of hydrogen-bond donors (Lipinski definition) is 0. The molecule has 2 rings (SSSR count). The van der Waals surface area contributed by atoms with E-state index in [0.717, 1.165) is 25.2 Å². The Morgan fingerprint density at radius 2 is 1.93 bits per heavy atom. The minimum absolute atomic E-state index is 0.378. The van der Waals surface area contributed by atoms with Crippen molar-refractivity contribution in [3.63, 3.8) is 0 Å². The van der Waals surface area contributed by atoms with E-state index in [2.05, 4.69) is 24.3 Å². The predicted octanol–water partition coefficient (Wildman–Crippen LogP) is 3.23. The molecule has 1 nitrogen and oxygen atoms in total. The first-order chi connectivity index (χ1) is 7.29. The lowest BCUT2D eigenvalue weighted by molar-refractivity contribution is -0.126. The van der Waals surface area contributed by atoms with Crippen LogP contribution in [0.15, 0.2) is 30.3 Å². The highest BCUT2D eigenvalue weighted by atomic mass is 16.1. The number of rotatable bonds is 4. The van der Waals surface area contributed by atoms with E-state index in [1.54, 1.807) is 0 Å². The van der Waals surface area contributed by atoms with Gasteiger partial charge in [0.1, 0.15) is 5.78 Å². The molecule has 1 aliphatic carbocycles. The second-order valence-electron chi connectivity index (χ2n) is 4.54. The van der Waals surface area contributed by atoms with Crippen molar-refractivity contribution in [2.75, 3.05) is 0 Å². The van der Waals surface area contributed by atoms with Crippen LogP contribution in [-0.2, 0) is 11.2 Å². The van der Waals surface area contributed by atoms with E-state index in [9.17, 15) is 4.79 Å². The van der Waals surface area contributed by atoms with Gasteiger partial charge in [-0.3, -0.25) is 4.79 Å². The number of hydrogen-bond acceptors (Lipinski definition) is 1. The van der Waals surface area contributed by atoms with Crippen LogP contribution in [0.25, 0.3) is 0 Å². The van der Waals surface area contributed by atoms with Gasteiger partial charge < -0.3 is 0 Å². The van der Waals surface area contributed by atoms with Crippen LogP contribution >= 0.6 is 0 Å². The average Bonchev–Trinajstić information content (AvgIpc) is 2.23. The van der Waals surface area contributed by atoms with E-state index >= 15 is 0 Å². The number of ketones is 1. The lowest BCUT2D eigenvalue weighted by Crippen LogP contribution is -2.31. The van der Waals surface area contributed by atoms with Crippen LogP contribution in [0.4, 0.5) is 0 Å². The van der Waals surface area contributed by atoms with Crippen LogP contribution in [0.3, 0.4) is 0 Å². The molecule has 0 heterocycles. The molecule has 80 valence electrons. The molecule has 0 unspecified atom stereocenters. The Bertz CT molecular complexity index is 322. The Morgan fingerprint density at radius 3 is 2.53 bits per heavy atom. The highest BCUT2D eigenvalue weighted by Gasteiger charge is 2.32. The second kappa shape index (κ2) is 4.61. The quantitative estimate of drug-likeness (QED) is 0.732. The third kappa shape index (κ3) is 2.47. The van der Waals surface area contributed by atoms with Crippen molar-refractivity contribution < 1.29 is 4.79 Å². The fourth-order valence-corrected chi connectivity index (χ4v) is 2.40. The second-order valence-corrected chi connectivity index (χ2v) is 4.54. The van der Waals surface area contributed by atoms with E-state index in [1.165, 1.54) is 5.56 Å². The molecule has 1 aliphatic rings. The average molecular weight is 202 g/mol. The minimum Gasteiger partial charge on any atom is -0.299 e. The van der Waals surface area contributed by atoms with Gasteiger partial charge in [0.25, 0.3) is 0 Å². The summed E-state index contributed by atoms with van der Waals surface area (Å²) in [6.45, 7) is 1.97.